The maximum absolute atomic E-state index is 12.8. The molecule has 0 bridgehead atoms. The highest BCUT2D eigenvalue weighted by Gasteiger charge is 2.15. The fourth-order valence-corrected chi connectivity index (χ4v) is 4.33. The Morgan fingerprint density at radius 1 is 0.969 bits per heavy atom. The number of hydrogen-bond donors (Lipinski definition) is 2. The first-order chi connectivity index (χ1) is 15.4. The average Bonchev–Trinajstić information content (AvgIpc) is 2.78. The second-order valence-corrected chi connectivity index (χ2v) is 9.12. The molecule has 0 saturated carbocycles. The van der Waals surface area contributed by atoms with Crippen molar-refractivity contribution in [3.05, 3.63) is 89.5 Å². The predicted molar refractivity (Wildman–Crippen MR) is 125 cm³/mol. The number of aromatic carboxylic acids is 1. The number of hydrogen-bond acceptors (Lipinski definition) is 4. The number of sulfonamides is 1. The Labute approximate surface area is 188 Å². The van der Waals surface area contributed by atoms with Gasteiger partial charge < -0.3 is 9.84 Å². The molecule has 0 fully saturated rings. The van der Waals surface area contributed by atoms with Crippen molar-refractivity contribution in [2.24, 2.45) is 0 Å². The maximum atomic E-state index is 12.8. The molecule has 0 heterocycles. The Kier molecular flexibility index (Phi) is 7.89. The van der Waals surface area contributed by atoms with E-state index in [1.807, 2.05) is 12.1 Å². The monoisotopic (exact) mass is 453 g/mol. The molecule has 0 spiro atoms. The molecule has 0 saturated heterocycles. The summed E-state index contributed by atoms with van der Waals surface area (Å²) in [5.41, 5.74) is 2.39. The lowest BCUT2D eigenvalue weighted by Crippen LogP contribution is -2.13. The lowest BCUT2D eigenvalue weighted by atomic mass is 10.00. The van der Waals surface area contributed by atoms with E-state index in [-0.39, 0.29) is 10.5 Å². The number of ether oxygens (including phenoxy) is 1. The van der Waals surface area contributed by atoms with E-state index in [4.69, 9.17) is 4.74 Å². The van der Waals surface area contributed by atoms with Crippen LogP contribution >= 0.6 is 0 Å². The van der Waals surface area contributed by atoms with Crippen LogP contribution < -0.4 is 9.46 Å². The third kappa shape index (κ3) is 6.34. The zero-order chi connectivity index (χ0) is 23.0. The van der Waals surface area contributed by atoms with E-state index in [0.29, 0.717) is 30.9 Å². The Bertz CT molecular complexity index is 1160. The average molecular weight is 454 g/mol. The zero-order valence-corrected chi connectivity index (χ0v) is 18.8. The summed E-state index contributed by atoms with van der Waals surface area (Å²) in [6, 6.07) is 20.4. The molecule has 7 heteroatoms. The molecule has 0 aliphatic heterocycles. The molecule has 3 rings (SSSR count). The quantitative estimate of drug-likeness (QED) is 0.392. The highest BCUT2D eigenvalue weighted by atomic mass is 32.2. The smallest absolute Gasteiger partial charge is 0.335 e. The topological polar surface area (TPSA) is 92.7 Å². The highest BCUT2D eigenvalue weighted by molar-refractivity contribution is 7.92. The molecule has 0 aliphatic rings. The molecule has 3 aromatic rings. The number of rotatable bonds is 11. The fourth-order valence-electron chi connectivity index (χ4n) is 3.28. The van der Waals surface area contributed by atoms with Gasteiger partial charge in [-0.15, -0.1) is 0 Å². The number of benzene rings is 3. The van der Waals surface area contributed by atoms with Crippen LogP contribution in [0.25, 0.3) is 0 Å². The Morgan fingerprint density at radius 3 is 2.44 bits per heavy atom. The minimum absolute atomic E-state index is 0.154. The van der Waals surface area contributed by atoms with Crippen LogP contribution in [0.1, 0.15) is 41.3 Å². The van der Waals surface area contributed by atoms with Crippen molar-refractivity contribution in [1.29, 1.82) is 0 Å². The lowest BCUT2D eigenvalue weighted by molar-refractivity contribution is 0.0695. The van der Waals surface area contributed by atoms with Gasteiger partial charge in [0.05, 0.1) is 17.1 Å². The summed E-state index contributed by atoms with van der Waals surface area (Å²) in [6.45, 7) is 2.68. The van der Waals surface area contributed by atoms with Crippen LogP contribution in [0.4, 0.5) is 5.69 Å². The van der Waals surface area contributed by atoms with Crippen molar-refractivity contribution in [1.82, 2.24) is 0 Å². The minimum atomic E-state index is -3.74. The highest BCUT2D eigenvalue weighted by Crippen LogP contribution is 2.21. The van der Waals surface area contributed by atoms with Gasteiger partial charge >= 0.3 is 5.97 Å². The van der Waals surface area contributed by atoms with E-state index in [9.17, 15) is 18.3 Å². The second-order valence-electron chi connectivity index (χ2n) is 7.44. The largest absolute Gasteiger partial charge is 0.494 e. The number of carboxylic acids is 1. The van der Waals surface area contributed by atoms with E-state index >= 15 is 0 Å². The molecule has 0 aliphatic carbocycles. The van der Waals surface area contributed by atoms with Crippen LogP contribution in [-0.2, 0) is 22.9 Å². The lowest BCUT2D eigenvalue weighted by Gasteiger charge is -2.11. The number of anilines is 1. The van der Waals surface area contributed by atoms with Crippen LogP contribution in [0.15, 0.2) is 77.7 Å². The van der Waals surface area contributed by atoms with Gasteiger partial charge in [-0.2, -0.15) is 0 Å². The van der Waals surface area contributed by atoms with Crippen molar-refractivity contribution < 1.29 is 23.1 Å². The van der Waals surface area contributed by atoms with Crippen LogP contribution in [0, 0.1) is 0 Å². The number of aryl methyl sites for hydroxylation is 2. The van der Waals surface area contributed by atoms with Gasteiger partial charge in [0.1, 0.15) is 5.75 Å². The van der Waals surface area contributed by atoms with E-state index in [0.717, 1.165) is 24.0 Å². The summed E-state index contributed by atoms with van der Waals surface area (Å²) in [7, 11) is -3.74. The Morgan fingerprint density at radius 2 is 1.72 bits per heavy atom. The summed E-state index contributed by atoms with van der Waals surface area (Å²) in [6.07, 6.45) is 3.10. The normalized spacial score (nSPS) is 11.2. The van der Waals surface area contributed by atoms with Crippen LogP contribution in [0.3, 0.4) is 0 Å². The van der Waals surface area contributed by atoms with Gasteiger partial charge in [-0.25, -0.2) is 13.2 Å². The fraction of sp³-hybridized carbons (Fsp3) is 0.240. The maximum Gasteiger partial charge on any atom is 0.335 e. The summed E-state index contributed by atoms with van der Waals surface area (Å²) in [4.78, 5) is 11.5. The Hall–Kier alpha value is -3.32. The Balaban J connectivity index is 1.67. The van der Waals surface area contributed by atoms with Gasteiger partial charge in [0.15, 0.2) is 0 Å². The van der Waals surface area contributed by atoms with Crippen molar-refractivity contribution in [3.63, 3.8) is 0 Å². The van der Waals surface area contributed by atoms with Crippen molar-refractivity contribution in [2.45, 2.75) is 37.5 Å². The third-order valence-electron chi connectivity index (χ3n) is 5.01. The molecule has 0 atom stereocenters. The first kappa shape index (κ1) is 23.3. The molecule has 2 N–H and O–H groups in total. The van der Waals surface area contributed by atoms with Gasteiger partial charge in [0, 0.05) is 5.69 Å². The van der Waals surface area contributed by atoms with E-state index in [1.54, 1.807) is 48.5 Å². The first-order valence-electron chi connectivity index (χ1n) is 10.5. The van der Waals surface area contributed by atoms with Crippen molar-refractivity contribution in [2.75, 3.05) is 11.3 Å². The van der Waals surface area contributed by atoms with Gasteiger partial charge in [-0.1, -0.05) is 43.7 Å². The van der Waals surface area contributed by atoms with Gasteiger partial charge in [0.2, 0.25) is 0 Å². The molecule has 0 amide bonds. The summed E-state index contributed by atoms with van der Waals surface area (Å²) >= 11 is 0. The van der Waals surface area contributed by atoms with Gasteiger partial charge in [0.25, 0.3) is 10.0 Å². The first-order valence-corrected chi connectivity index (χ1v) is 12.0. The molecular formula is C25H27NO5S. The van der Waals surface area contributed by atoms with E-state index < -0.39 is 16.0 Å². The number of carbonyl (C=O) groups is 1. The summed E-state index contributed by atoms with van der Waals surface area (Å²) in [5.74, 6) is -0.315. The van der Waals surface area contributed by atoms with Crippen LogP contribution in [-0.4, -0.2) is 26.1 Å². The van der Waals surface area contributed by atoms with Crippen molar-refractivity contribution in [3.8, 4) is 5.75 Å². The van der Waals surface area contributed by atoms with Gasteiger partial charge in [-0.05, 0) is 72.9 Å². The summed E-state index contributed by atoms with van der Waals surface area (Å²) in [5, 5.41) is 9.33. The standard InChI is InChI=1S/C25H27NO5S/c1-2-3-17-31-22-13-15-23(16-14-22)32(29,30)26-21-9-6-7-19(18-21)11-12-20-8-4-5-10-24(20)25(27)28/h4-10,13-16,18,26H,2-3,11-12,17H2,1H3,(H,27,28). The predicted octanol–water partition coefficient (Wildman–Crippen LogP) is 5.15. The number of carboxylic acid groups (broad SMARTS) is 1. The van der Waals surface area contributed by atoms with E-state index in [1.165, 1.54) is 12.1 Å². The molecule has 32 heavy (non-hydrogen) atoms. The molecule has 168 valence electrons. The molecule has 6 nitrogen and oxygen atoms in total. The van der Waals surface area contributed by atoms with E-state index in [2.05, 4.69) is 11.6 Å². The van der Waals surface area contributed by atoms with Crippen molar-refractivity contribution >= 4 is 21.7 Å². The summed E-state index contributed by atoms with van der Waals surface area (Å²) < 4.78 is 33.7. The van der Waals surface area contributed by atoms with Crippen LogP contribution in [0.2, 0.25) is 0 Å². The molecule has 0 unspecified atom stereocenters. The SMILES string of the molecule is CCCCOc1ccc(S(=O)(=O)Nc2cccc(CCc3ccccc3C(=O)O)c2)cc1. The number of unbranched alkanes of at least 4 members (excludes halogenated alkanes) is 1. The molecule has 3 aromatic carbocycles. The minimum Gasteiger partial charge on any atom is -0.494 e. The molecule has 0 aromatic heterocycles. The second kappa shape index (κ2) is 10.8. The van der Waals surface area contributed by atoms with Gasteiger partial charge in [-0.3, -0.25) is 4.72 Å². The number of nitrogens with one attached hydrogen (secondary N) is 1. The van der Waals surface area contributed by atoms with Crippen LogP contribution in [0.5, 0.6) is 5.75 Å². The molecule has 0 radical (unpaired) electrons. The third-order valence-corrected chi connectivity index (χ3v) is 6.41. The molecular weight excluding hydrogens is 426 g/mol. The zero-order valence-electron chi connectivity index (χ0n) is 18.0.